The number of carbonyl (C=O) groups is 1. The third kappa shape index (κ3) is 3.37. The van der Waals surface area contributed by atoms with Crippen molar-refractivity contribution in [2.75, 3.05) is 5.32 Å². The van der Waals surface area contributed by atoms with Gasteiger partial charge in [-0.3, -0.25) is 14.8 Å². The van der Waals surface area contributed by atoms with E-state index in [4.69, 9.17) is 6.36 Å². The highest BCUT2D eigenvalue weighted by Crippen LogP contribution is 2.39. The van der Waals surface area contributed by atoms with Crippen LogP contribution in [0.25, 0.3) is 0 Å². The molecule has 0 spiro atoms. The molecule has 6 rings (SSSR count). The Bertz CT molecular complexity index is 1380. The lowest BCUT2D eigenvalue weighted by molar-refractivity contribution is -0.126. The van der Waals surface area contributed by atoms with Crippen LogP contribution in [0.3, 0.4) is 0 Å². The van der Waals surface area contributed by atoms with Crippen molar-refractivity contribution in [3.8, 4) is 0 Å². The predicted octanol–water partition coefficient (Wildman–Crippen LogP) is 4.52. The fourth-order valence-electron chi connectivity index (χ4n) is 4.35. The quantitative estimate of drug-likeness (QED) is 0.662. The summed E-state index contributed by atoms with van der Waals surface area (Å²) in [6.07, 6.45) is 4.35. The summed E-state index contributed by atoms with van der Waals surface area (Å²) in [5.74, 6) is 0.221. The van der Waals surface area contributed by atoms with Crippen molar-refractivity contribution in [2.45, 2.75) is 12.2 Å². The van der Waals surface area contributed by atoms with Gasteiger partial charge in [0.1, 0.15) is 5.82 Å². The zero-order valence-corrected chi connectivity index (χ0v) is 17.7. The van der Waals surface area contributed by atoms with Crippen LogP contribution in [0.2, 0.25) is 0 Å². The number of rotatable bonds is 3. The van der Waals surface area contributed by atoms with Crippen LogP contribution >= 0.6 is 0 Å². The standard InChI is InChI=1S/C27H21N5O/c33-27-26(30-25(20-12-5-2-6-13-20)21-14-7-8-15-22(21)29-27)32-23(19-10-3-1-4-11-19)18-24-28-16-9-17-31(24)32/h1-18,23,26H,(H,29,33)/t23?,26-/m0/s1/i18D. The second kappa shape index (κ2) is 8.00. The van der Waals surface area contributed by atoms with Gasteiger partial charge in [-0.2, -0.15) is 5.01 Å². The Morgan fingerprint density at radius 1 is 0.909 bits per heavy atom. The number of carbonyl (C=O) groups excluding carboxylic acids is 1. The minimum absolute atomic E-state index is 0.267. The summed E-state index contributed by atoms with van der Waals surface area (Å²) in [5, 5.41) is 6.67. The Morgan fingerprint density at radius 3 is 2.45 bits per heavy atom. The lowest BCUT2D eigenvalue weighted by Gasteiger charge is -2.36. The molecule has 2 atom stereocenters. The smallest absolute Gasteiger partial charge is 0.265 e. The van der Waals surface area contributed by atoms with Gasteiger partial charge in [0.05, 0.1) is 18.8 Å². The van der Waals surface area contributed by atoms with Crippen LogP contribution < -0.4 is 5.32 Å². The summed E-state index contributed by atoms with van der Waals surface area (Å²) in [5.41, 5.74) is 4.09. The highest BCUT2D eigenvalue weighted by Gasteiger charge is 2.42. The van der Waals surface area contributed by atoms with Gasteiger partial charge in [-0.25, -0.2) is 4.99 Å². The van der Waals surface area contributed by atoms with Gasteiger partial charge >= 0.3 is 0 Å². The minimum atomic E-state index is -0.927. The number of para-hydroxylation sites is 1. The molecule has 0 aliphatic carbocycles. The largest absolute Gasteiger partial charge is 0.322 e. The highest BCUT2D eigenvalue weighted by atomic mass is 16.2. The van der Waals surface area contributed by atoms with Crippen LogP contribution in [0.4, 0.5) is 5.69 Å². The van der Waals surface area contributed by atoms with Gasteiger partial charge in [0.25, 0.3) is 5.91 Å². The number of allylic oxidation sites excluding steroid dienone is 1. The number of nitrogens with one attached hydrogen (secondary N) is 1. The summed E-state index contributed by atoms with van der Waals surface area (Å²) < 4.78 is 8.93. The number of benzodiazepines with no additional fused rings is 1. The monoisotopic (exact) mass is 432 g/mol. The summed E-state index contributed by atoms with van der Waals surface area (Å²) in [6, 6.07) is 27.1. The van der Waals surface area contributed by atoms with Gasteiger partial charge in [-0.05, 0) is 23.8 Å². The van der Waals surface area contributed by atoms with Crippen molar-refractivity contribution in [1.29, 1.82) is 0 Å². The lowest BCUT2D eigenvalue weighted by Crippen LogP contribution is -2.48. The second-order valence-corrected chi connectivity index (χ2v) is 7.88. The van der Waals surface area contributed by atoms with Crippen molar-refractivity contribution < 1.29 is 6.17 Å². The van der Waals surface area contributed by atoms with E-state index in [2.05, 4.69) is 10.3 Å². The molecule has 1 unspecified atom stereocenters. The molecule has 3 aromatic rings. The zero-order valence-electron chi connectivity index (χ0n) is 18.7. The number of hydrogen-bond acceptors (Lipinski definition) is 5. The third-order valence-electron chi connectivity index (χ3n) is 5.85. The van der Waals surface area contributed by atoms with Crippen molar-refractivity contribution in [2.24, 2.45) is 9.98 Å². The fourth-order valence-corrected chi connectivity index (χ4v) is 4.35. The van der Waals surface area contributed by atoms with E-state index in [1.165, 1.54) is 0 Å². The van der Waals surface area contributed by atoms with E-state index < -0.39 is 12.2 Å². The second-order valence-electron chi connectivity index (χ2n) is 7.88. The SMILES string of the molecule is [2H]C1=C2N=CC=CN2N([C@@H]2N=C(c3ccccc3)c3ccccc3NC2=O)C1c1ccccc1. The predicted molar refractivity (Wildman–Crippen MR) is 130 cm³/mol. The van der Waals surface area contributed by atoms with Gasteiger partial charge in [0.2, 0.25) is 0 Å². The van der Waals surface area contributed by atoms with Crippen LogP contribution in [0.1, 0.15) is 24.1 Å². The Balaban J connectivity index is 1.54. The number of fused-ring (bicyclic) bond motifs is 2. The maximum atomic E-state index is 13.7. The maximum absolute atomic E-state index is 13.7. The molecule has 160 valence electrons. The maximum Gasteiger partial charge on any atom is 0.265 e. The Kier molecular flexibility index (Phi) is 4.44. The fraction of sp³-hybridized carbons (Fsp3) is 0.0741. The first kappa shape index (κ1) is 18.3. The number of amides is 1. The third-order valence-corrected chi connectivity index (χ3v) is 5.85. The molecule has 33 heavy (non-hydrogen) atoms. The van der Waals surface area contributed by atoms with Crippen molar-refractivity contribution in [3.63, 3.8) is 0 Å². The Hall–Kier alpha value is -4.29. The van der Waals surface area contributed by atoms with E-state index in [0.29, 0.717) is 17.6 Å². The van der Waals surface area contributed by atoms with Gasteiger partial charge in [0.15, 0.2) is 6.17 Å². The molecule has 1 amide bonds. The van der Waals surface area contributed by atoms with Gasteiger partial charge in [-0.15, -0.1) is 0 Å². The minimum Gasteiger partial charge on any atom is -0.322 e. The van der Waals surface area contributed by atoms with E-state index in [9.17, 15) is 4.79 Å². The zero-order chi connectivity index (χ0) is 23.1. The summed E-state index contributed by atoms with van der Waals surface area (Å²) in [4.78, 5) is 23.2. The molecule has 6 heteroatoms. The van der Waals surface area contributed by atoms with Crippen LogP contribution in [0, 0.1) is 0 Å². The van der Waals surface area contributed by atoms with E-state index in [-0.39, 0.29) is 5.91 Å². The first-order chi connectivity index (χ1) is 16.7. The molecular weight excluding hydrogens is 410 g/mol. The number of nitrogens with zero attached hydrogens (tertiary/aromatic N) is 4. The lowest BCUT2D eigenvalue weighted by atomic mass is 10.0. The van der Waals surface area contributed by atoms with Crippen molar-refractivity contribution in [1.82, 2.24) is 10.0 Å². The summed E-state index contributed by atoms with van der Waals surface area (Å²) in [7, 11) is 0. The first-order valence-corrected chi connectivity index (χ1v) is 10.8. The average Bonchev–Trinajstić information content (AvgIpc) is 3.09. The van der Waals surface area contributed by atoms with Gasteiger partial charge in [0, 0.05) is 23.5 Å². The molecule has 3 aliphatic rings. The van der Waals surface area contributed by atoms with Gasteiger partial charge < -0.3 is 5.32 Å². The molecule has 3 aliphatic heterocycles. The number of hydrazine groups is 1. The van der Waals surface area contributed by atoms with Crippen molar-refractivity contribution >= 4 is 23.5 Å². The summed E-state index contributed by atoms with van der Waals surface area (Å²) in [6.45, 7) is 0. The summed E-state index contributed by atoms with van der Waals surface area (Å²) >= 11 is 0. The number of benzene rings is 3. The number of aliphatic imine (C=N–C) groups is 2. The topological polar surface area (TPSA) is 60.3 Å². The van der Waals surface area contributed by atoms with Crippen LogP contribution in [0.5, 0.6) is 0 Å². The number of hydrogen-bond donors (Lipinski definition) is 1. The highest BCUT2D eigenvalue weighted by molar-refractivity contribution is 6.19. The van der Waals surface area contributed by atoms with Crippen molar-refractivity contribution in [3.05, 3.63) is 126 Å². The van der Waals surface area contributed by atoms with Crippen LogP contribution in [0.15, 0.2) is 119 Å². The van der Waals surface area contributed by atoms with E-state index in [1.54, 1.807) is 17.3 Å². The molecule has 6 nitrogen and oxygen atoms in total. The molecule has 3 aromatic carbocycles. The van der Waals surface area contributed by atoms with Gasteiger partial charge in [-0.1, -0.05) is 78.9 Å². The molecule has 1 N–H and O–H groups in total. The van der Waals surface area contributed by atoms with E-state index in [0.717, 1.165) is 22.4 Å². The average molecular weight is 433 g/mol. The molecule has 0 saturated carbocycles. The molecule has 0 bridgehead atoms. The molecule has 3 heterocycles. The number of anilines is 1. The normalized spacial score (nSPS) is 22.3. The first-order valence-electron chi connectivity index (χ1n) is 11.3. The molecular formula is C27H21N5O. The van der Waals surface area contributed by atoms with E-state index >= 15 is 0 Å². The van der Waals surface area contributed by atoms with E-state index in [1.807, 2.05) is 96.1 Å². The van der Waals surface area contributed by atoms with Crippen LogP contribution in [-0.2, 0) is 4.79 Å². The molecule has 0 saturated heterocycles. The molecule has 0 radical (unpaired) electrons. The molecule has 0 fully saturated rings. The van der Waals surface area contributed by atoms with Crippen LogP contribution in [-0.4, -0.2) is 34.0 Å². The Morgan fingerprint density at radius 2 is 1.64 bits per heavy atom. The Labute approximate surface area is 193 Å². The molecule has 0 aromatic heterocycles.